The molecule has 0 aromatic heterocycles. The zero-order valence-electron chi connectivity index (χ0n) is 9.24. The fourth-order valence-corrected chi connectivity index (χ4v) is 4.23. The molecule has 0 aromatic carbocycles. The van der Waals surface area contributed by atoms with Gasteiger partial charge in [0, 0.05) is 0 Å². The van der Waals surface area contributed by atoms with Crippen LogP contribution in [0.1, 0.15) is 33.1 Å². The van der Waals surface area contributed by atoms with Gasteiger partial charge < -0.3 is 0 Å². The summed E-state index contributed by atoms with van der Waals surface area (Å²) in [5, 5.41) is 0. The van der Waals surface area contributed by atoms with Crippen molar-refractivity contribution in [3.63, 3.8) is 0 Å². The summed E-state index contributed by atoms with van der Waals surface area (Å²) in [6.07, 6.45) is 11.7. The van der Waals surface area contributed by atoms with Gasteiger partial charge in [-0.3, -0.25) is 0 Å². The predicted molar refractivity (Wildman–Crippen MR) is 59.9 cm³/mol. The van der Waals surface area contributed by atoms with Crippen molar-refractivity contribution in [1.29, 1.82) is 0 Å². The van der Waals surface area contributed by atoms with E-state index < -0.39 is 0 Å². The van der Waals surface area contributed by atoms with Crippen molar-refractivity contribution < 1.29 is 0 Å². The number of allylic oxidation sites excluding steroid dienone is 4. The second-order valence-electron chi connectivity index (χ2n) is 5.21. The third-order valence-corrected chi connectivity index (χ3v) is 4.78. The summed E-state index contributed by atoms with van der Waals surface area (Å²) in [5.41, 5.74) is 1.76. The van der Waals surface area contributed by atoms with Crippen molar-refractivity contribution in [2.24, 2.45) is 29.6 Å². The van der Waals surface area contributed by atoms with Crippen LogP contribution < -0.4 is 0 Å². The van der Waals surface area contributed by atoms with Crippen molar-refractivity contribution in [3.05, 3.63) is 23.8 Å². The Hall–Kier alpha value is -0.520. The van der Waals surface area contributed by atoms with Gasteiger partial charge in [0.2, 0.25) is 0 Å². The summed E-state index contributed by atoms with van der Waals surface area (Å²) < 4.78 is 0. The highest BCUT2D eigenvalue weighted by atomic mass is 14.5. The quantitative estimate of drug-likeness (QED) is 0.578. The summed E-state index contributed by atoms with van der Waals surface area (Å²) in [4.78, 5) is 0. The molecule has 0 saturated heterocycles. The average Bonchev–Trinajstić information content (AvgIpc) is 2.87. The van der Waals surface area contributed by atoms with E-state index in [1.54, 1.807) is 5.57 Å². The fraction of sp³-hybridized carbons (Fsp3) is 0.714. The van der Waals surface area contributed by atoms with Crippen LogP contribution in [-0.4, -0.2) is 0 Å². The standard InChI is InChI=1S/C14H20/c1-3-9-8-13-10-5-6-11(7-10)14(13)12(9)4-2/h5-6,8,10-14H,3-4,7H2,1-2H3. The molecule has 5 unspecified atom stereocenters. The van der Waals surface area contributed by atoms with E-state index in [1.807, 2.05) is 0 Å². The minimum atomic E-state index is 0.906. The zero-order chi connectivity index (χ0) is 9.71. The monoisotopic (exact) mass is 188 g/mol. The van der Waals surface area contributed by atoms with Crippen LogP contribution in [0.5, 0.6) is 0 Å². The van der Waals surface area contributed by atoms with Gasteiger partial charge in [-0.05, 0) is 48.9 Å². The number of fused-ring (bicyclic) bond motifs is 5. The minimum Gasteiger partial charge on any atom is -0.0848 e. The van der Waals surface area contributed by atoms with Gasteiger partial charge in [-0.2, -0.15) is 0 Å². The van der Waals surface area contributed by atoms with Crippen LogP contribution in [0.2, 0.25) is 0 Å². The molecular formula is C14H20. The van der Waals surface area contributed by atoms with Crippen molar-refractivity contribution in [2.75, 3.05) is 0 Å². The Morgan fingerprint density at radius 3 is 2.71 bits per heavy atom. The highest BCUT2D eigenvalue weighted by Gasteiger charge is 2.49. The molecule has 0 aromatic rings. The average molecular weight is 188 g/mol. The molecule has 76 valence electrons. The molecule has 0 N–H and O–H groups in total. The van der Waals surface area contributed by atoms with E-state index in [1.165, 1.54) is 19.3 Å². The molecule has 3 aliphatic carbocycles. The summed E-state index contributed by atoms with van der Waals surface area (Å²) in [7, 11) is 0. The van der Waals surface area contributed by atoms with E-state index in [-0.39, 0.29) is 0 Å². The van der Waals surface area contributed by atoms with Crippen LogP contribution in [0.25, 0.3) is 0 Å². The number of rotatable bonds is 2. The Balaban J connectivity index is 1.94. The SMILES string of the molecule is CCC1=CC2C3C=CC(C3)C2C1CC. The molecule has 1 saturated carbocycles. The van der Waals surface area contributed by atoms with E-state index in [0.717, 1.165) is 29.6 Å². The molecule has 14 heavy (non-hydrogen) atoms. The third-order valence-electron chi connectivity index (χ3n) is 4.78. The molecule has 0 amide bonds. The first-order valence-electron chi connectivity index (χ1n) is 6.24. The molecule has 0 nitrogen and oxygen atoms in total. The molecule has 0 heterocycles. The second kappa shape index (κ2) is 2.98. The van der Waals surface area contributed by atoms with Crippen LogP contribution in [0.15, 0.2) is 23.8 Å². The Morgan fingerprint density at radius 1 is 1.21 bits per heavy atom. The Kier molecular flexibility index (Phi) is 1.87. The first kappa shape index (κ1) is 8.76. The van der Waals surface area contributed by atoms with Crippen LogP contribution in [0, 0.1) is 29.6 Å². The lowest BCUT2D eigenvalue weighted by atomic mass is 9.77. The maximum atomic E-state index is 2.63. The topological polar surface area (TPSA) is 0 Å². The van der Waals surface area contributed by atoms with Crippen molar-refractivity contribution in [1.82, 2.24) is 0 Å². The molecule has 0 heteroatoms. The number of hydrogen-bond acceptors (Lipinski definition) is 0. The van der Waals surface area contributed by atoms with E-state index in [4.69, 9.17) is 0 Å². The van der Waals surface area contributed by atoms with Gasteiger partial charge in [0.05, 0.1) is 0 Å². The highest BCUT2D eigenvalue weighted by Crippen LogP contribution is 2.57. The molecule has 0 spiro atoms. The molecule has 3 rings (SSSR count). The van der Waals surface area contributed by atoms with Crippen molar-refractivity contribution in [2.45, 2.75) is 33.1 Å². The molecule has 2 bridgehead atoms. The van der Waals surface area contributed by atoms with E-state index in [0.29, 0.717) is 0 Å². The van der Waals surface area contributed by atoms with Gasteiger partial charge in [0.15, 0.2) is 0 Å². The van der Waals surface area contributed by atoms with E-state index >= 15 is 0 Å². The van der Waals surface area contributed by atoms with Crippen LogP contribution >= 0.6 is 0 Å². The van der Waals surface area contributed by atoms with Gasteiger partial charge in [0.25, 0.3) is 0 Å². The van der Waals surface area contributed by atoms with Crippen molar-refractivity contribution in [3.8, 4) is 0 Å². The fourth-order valence-electron chi connectivity index (χ4n) is 4.23. The van der Waals surface area contributed by atoms with Gasteiger partial charge in [-0.25, -0.2) is 0 Å². The lowest BCUT2D eigenvalue weighted by Gasteiger charge is -2.27. The van der Waals surface area contributed by atoms with Gasteiger partial charge in [0.1, 0.15) is 0 Å². The maximum absolute atomic E-state index is 2.63. The van der Waals surface area contributed by atoms with E-state index in [9.17, 15) is 0 Å². The Labute approximate surface area is 87.1 Å². The Morgan fingerprint density at radius 2 is 2.00 bits per heavy atom. The summed E-state index contributed by atoms with van der Waals surface area (Å²) in [5.74, 6) is 4.66. The largest absolute Gasteiger partial charge is 0.0848 e. The smallest absolute Gasteiger partial charge is 0.0128 e. The Bertz CT molecular complexity index is 297. The normalized spacial score (nSPS) is 48.4. The first-order valence-corrected chi connectivity index (χ1v) is 6.24. The molecular weight excluding hydrogens is 168 g/mol. The van der Waals surface area contributed by atoms with Crippen LogP contribution in [0.4, 0.5) is 0 Å². The number of hydrogen-bond donors (Lipinski definition) is 0. The molecule has 5 atom stereocenters. The minimum absolute atomic E-state index is 0.906. The van der Waals surface area contributed by atoms with Crippen LogP contribution in [-0.2, 0) is 0 Å². The van der Waals surface area contributed by atoms with Gasteiger partial charge in [-0.15, -0.1) is 0 Å². The first-order chi connectivity index (χ1) is 6.85. The van der Waals surface area contributed by atoms with Crippen molar-refractivity contribution >= 4 is 0 Å². The van der Waals surface area contributed by atoms with E-state index in [2.05, 4.69) is 32.1 Å². The lowest BCUT2D eigenvalue weighted by Crippen LogP contribution is -2.21. The highest BCUT2D eigenvalue weighted by molar-refractivity contribution is 5.29. The molecule has 0 radical (unpaired) electrons. The summed E-state index contributed by atoms with van der Waals surface area (Å²) in [6, 6.07) is 0. The summed E-state index contributed by atoms with van der Waals surface area (Å²) in [6.45, 7) is 4.69. The van der Waals surface area contributed by atoms with Crippen LogP contribution in [0.3, 0.4) is 0 Å². The lowest BCUT2D eigenvalue weighted by molar-refractivity contribution is 0.294. The maximum Gasteiger partial charge on any atom is -0.0128 e. The summed E-state index contributed by atoms with van der Waals surface area (Å²) >= 11 is 0. The predicted octanol–water partition coefficient (Wildman–Crippen LogP) is 3.80. The molecule has 0 aliphatic heterocycles. The molecule has 3 aliphatic rings. The second-order valence-corrected chi connectivity index (χ2v) is 5.21. The van der Waals surface area contributed by atoms with Gasteiger partial charge in [-0.1, -0.05) is 37.6 Å². The molecule has 1 fully saturated rings. The zero-order valence-corrected chi connectivity index (χ0v) is 9.24. The third kappa shape index (κ3) is 0.947. The van der Waals surface area contributed by atoms with Gasteiger partial charge >= 0.3 is 0 Å².